The summed E-state index contributed by atoms with van der Waals surface area (Å²) >= 11 is 0. The largest absolute Gasteiger partial charge is 0.322 e. The number of nitrogens with zero attached hydrogens (tertiary/aromatic N) is 3. The van der Waals surface area contributed by atoms with Crippen molar-refractivity contribution >= 4 is 17.7 Å². The predicted octanol–water partition coefficient (Wildman–Crippen LogP) is 2.98. The van der Waals surface area contributed by atoms with Gasteiger partial charge in [-0.2, -0.15) is 5.26 Å². The third kappa shape index (κ3) is 4.54. The quantitative estimate of drug-likeness (QED) is 0.682. The van der Waals surface area contributed by atoms with Crippen LogP contribution in [0.2, 0.25) is 0 Å². The lowest BCUT2D eigenvalue weighted by Gasteiger charge is -2.32. The zero-order chi connectivity index (χ0) is 24.7. The summed E-state index contributed by atoms with van der Waals surface area (Å²) in [5.41, 5.74) is 2.56. The van der Waals surface area contributed by atoms with Crippen LogP contribution in [0.3, 0.4) is 0 Å². The highest BCUT2D eigenvalue weighted by Crippen LogP contribution is 2.35. The first-order valence-electron chi connectivity index (χ1n) is 11.7. The SMILES string of the molecule is N#Cc1cc(F)cc(CN2CCC(c3cc4c(cc3F)C(=O)N(C3CCC(=O)NC3=O)C4)CC2)c1. The van der Waals surface area contributed by atoms with E-state index in [9.17, 15) is 18.8 Å². The molecule has 0 spiro atoms. The Kier molecular flexibility index (Phi) is 6.07. The summed E-state index contributed by atoms with van der Waals surface area (Å²) in [4.78, 5) is 40.2. The molecule has 180 valence electrons. The highest BCUT2D eigenvalue weighted by Gasteiger charge is 2.40. The number of carbonyl (C=O) groups is 3. The molecule has 1 atom stereocenters. The number of nitrogens with one attached hydrogen (secondary N) is 1. The summed E-state index contributed by atoms with van der Waals surface area (Å²) in [6.07, 6.45) is 1.85. The van der Waals surface area contributed by atoms with E-state index in [0.717, 1.165) is 5.56 Å². The molecule has 3 heterocycles. The van der Waals surface area contributed by atoms with Gasteiger partial charge in [-0.15, -0.1) is 0 Å². The highest BCUT2D eigenvalue weighted by molar-refractivity contribution is 6.05. The van der Waals surface area contributed by atoms with Crippen LogP contribution in [0, 0.1) is 23.0 Å². The van der Waals surface area contributed by atoms with Gasteiger partial charge in [0, 0.05) is 25.1 Å². The molecule has 5 rings (SSSR count). The number of halogens is 2. The van der Waals surface area contributed by atoms with Gasteiger partial charge in [0.15, 0.2) is 0 Å². The molecular formula is C26H24F2N4O3. The molecule has 2 saturated heterocycles. The standard InChI is InChI=1S/C26H24F2N4O3/c27-19-8-15(12-29)7-16(9-19)13-31-5-3-17(4-6-31)20-10-18-14-32(26(35)21(18)11-22(20)28)23-1-2-24(33)30-25(23)34/h7-11,17,23H,1-6,13-14H2,(H,30,33,34). The molecular weight excluding hydrogens is 454 g/mol. The maximum absolute atomic E-state index is 15.1. The first-order chi connectivity index (χ1) is 16.8. The fourth-order valence-corrected chi connectivity index (χ4v) is 5.39. The maximum Gasteiger partial charge on any atom is 0.255 e. The Morgan fingerprint density at radius 1 is 1.03 bits per heavy atom. The van der Waals surface area contributed by atoms with Crippen LogP contribution < -0.4 is 5.32 Å². The first-order valence-corrected chi connectivity index (χ1v) is 11.7. The molecule has 2 aromatic rings. The molecule has 0 aromatic heterocycles. The Balaban J connectivity index is 1.26. The number of imide groups is 1. The summed E-state index contributed by atoms with van der Waals surface area (Å²) in [6.45, 7) is 2.12. The van der Waals surface area contributed by atoms with Crippen LogP contribution in [0.1, 0.15) is 64.2 Å². The zero-order valence-corrected chi connectivity index (χ0v) is 19.0. The number of piperidine rings is 2. The third-order valence-electron chi connectivity index (χ3n) is 7.16. The van der Waals surface area contributed by atoms with Gasteiger partial charge in [-0.25, -0.2) is 8.78 Å². The van der Waals surface area contributed by atoms with Gasteiger partial charge >= 0.3 is 0 Å². The van der Waals surface area contributed by atoms with Crippen molar-refractivity contribution in [2.24, 2.45) is 0 Å². The van der Waals surface area contributed by atoms with Crippen molar-refractivity contribution < 1.29 is 23.2 Å². The molecule has 7 nitrogen and oxygen atoms in total. The lowest BCUT2D eigenvalue weighted by Crippen LogP contribution is -2.52. The van der Waals surface area contributed by atoms with Gasteiger partial charge in [-0.05, 0) is 79.2 Å². The number of likely N-dealkylation sites (tertiary alicyclic amines) is 1. The minimum absolute atomic E-state index is 0.0153. The second kappa shape index (κ2) is 9.19. The van der Waals surface area contributed by atoms with Crippen LogP contribution in [0.15, 0.2) is 30.3 Å². The van der Waals surface area contributed by atoms with Crippen molar-refractivity contribution in [1.29, 1.82) is 5.26 Å². The van der Waals surface area contributed by atoms with Crippen molar-refractivity contribution in [2.75, 3.05) is 13.1 Å². The summed E-state index contributed by atoms with van der Waals surface area (Å²) in [5, 5.41) is 11.3. The van der Waals surface area contributed by atoms with Crippen molar-refractivity contribution in [3.05, 3.63) is 69.8 Å². The topological polar surface area (TPSA) is 93.5 Å². The average molecular weight is 478 g/mol. The summed E-state index contributed by atoms with van der Waals surface area (Å²) < 4.78 is 28.8. The second-order valence-corrected chi connectivity index (χ2v) is 9.44. The molecule has 2 fully saturated rings. The first kappa shape index (κ1) is 23.1. The van der Waals surface area contributed by atoms with E-state index >= 15 is 4.39 Å². The van der Waals surface area contributed by atoms with E-state index in [2.05, 4.69) is 10.2 Å². The van der Waals surface area contributed by atoms with Gasteiger partial charge in [0.25, 0.3) is 5.91 Å². The Morgan fingerprint density at radius 3 is 2.51 bits per heavy atom. The monoisotopic (exact) mass is 478 g/mol. The molecule has 1 unspecified atom stereocenters. The predicted molar refractivity (Wildman–Crippen MR) is 121 cm³/mol. The van der Waals surface area contributed by atoms with Gasteiger partial charge in [0.2, 0.25) is 11.8 Å². The minimum atomic E-state index is -0.730. The minimum Gasteiger partial charge on any atom is -0.322 e. The van der Waals surface area contributed by atoms with Crippen LogP contribution in [0.4, 0.5) is 8.78 Å². The highest BCUT2D eigenvalue weighted by atomic mass is 19.1. The van der Waals surface area contributed by atoms with E-state index in [1.807, 2.05) is 6.07 Å². The molecule has 1 N–H and O–H groups in total. The van der Waals surface area contributed by atoms with Gasteiger partial charge in [-0.1, -0.05) is 6.07 Å². The van der Waals surface area contributed by atoms with E-state index in [0.29, 0.717) is 43.6 Å². The molecule has 0 radical (unpaired) electrons. The summed E-state index contributed by atoms with van der Waals surface area (Å²) in [6, 6.07) is 8.58. The number of hydrogen-bond donors (Lipinski definition) is 1. The van der Waals surface area contributed by atoms with Crippen molar-refractivity contribution in [1.82, 2.24) is 15.1 Å². The number of benzene rings is 2. The Morgan fingerprint density at radius 2 is 1.80 bits per heavy atom. The fraction of sp³-hybridized carbons (Fsp3) is 0.385. The third-order valence-corrected chi connectivity index (χ3v) is 7.16. The van der Waals surface area contributed by atoms with Crippen molar-refractivity contribution in [3.8, 4) is 6.07 Å². The Hall–Kier alpha value is -3.64. The number of hydrogen-bond acceptors (Lipinski definition) is 5. The van der Waals surface area contributed by atoms with Crippen LogP contribution in [-0.4, -0.2) is 46.7 Å². The molecule has 3 aliphatic heterocycles. The molecule has 0 saturated carbocycles. The number of nitriles is 1. The Labute approximate surface area is 201 Å². The average Bonchev–Trinajstić information content (AvgIpc) is 3.14. The molecule has 0 aliphatic carbocycles. The van der Waals surface area contributed by atoms with E-state index in [1.54, 1.807) is 12.1 Å². The Bertz CT molecular complexity index is 1260. The van der Waals surface area contributed by atoms with Crippen LogP contribution in [-0.2, 0) is 22.7 Å². The summed E-state index contributed by atoms with van der Waals surface area (Å²) in [5.74, 6) is -2.10. The molecule has 35 heavy (non-hydrogen) atoms. The van der Waals surface area contributed by atoms with E-state index < -0.39 is 23.6 Å². The second-order valence-electron chi connectivity index (χ2n) is 9.44. The van der Waals surface area contributed by atoms with Crippen molar-refractivity contribution in [3.63, 3.8) is 0 Å². The number of rotatable bonds is 4. The van der Waals surface area contributed by atoms with Gasteiger partial charge in [-0.3, -0.25) is 24.6 Å². The van der Waals surface area contributed by atoms with Gasteiger partial charge in [0.1, 0.15) is 17.7 Å². The van der Waals surface area contributed by atoms with E-state index in [-0.39, 0.29) is 48.2 Å². The number of amides is 3. The normalized spacial score (nSPS) is 21.1. The zero-order valence-electron chi connectivity index (χ0n) is 19.0. The molecule has 2 aromatic carbocycles. The van der Waals surface area contributed by atoms with E-state index in [1.165, 1.54) is 23.1 Å². The van der Waals surface area contributed by atoms with Gasteiger partial charge in [0.05, 0.1) is 11.6 Å². The maximum atomic E-state index is 15.1. The number of carbonyl (C=O) groups excluding carboxylic acids is 3. The summed E-state index contributed by atoms with van der Waals surface area (Å²) in [7, 11) is 0. The molecule has 9 heteroatoms. The van der Waals surface area contributed by atoms with Crippen molar-refractivity contribution in [2.45, 2.75) is 50.7 Å². The van der Waals surface area contributed by atoms with Crippen LogP contribution >= 0.6 is 0 Å². The smallest absolute Gasteiger partial charge is 0.255 e. The van der Waals surface area contributed by atoms with E-state index in [4.69, 9.17) is 5.26 Å². The molecule has 3 aliphatic rings. The fourth-order valence-electron chi connectivity index (χ4n) is 5.39. The lowest BCUT2D eigenvalue weighted by atomic mass is 9.87. The number of fused-ring (bicyclic) bond motifs is 1. The molecule has 3 amide bonds. The van der Waals surface area contributed by atoms with Crippen LogP contribution in [0.5, 0.6) is 0 Å². The molecule has 0 bridgehead atoms. The van der Waals surface area contributed by atoms with Crippen LogP contribution in [0.25, 0.3) is 0 Å². The van der Waals surface area contributed by atoms with Gasteiger partial charge < -0.3 is 4.90 Å². The lowest BCUT2D eigenvalue weighted by molar-refractivity contribution is -0.136.